The zero-order valence-electron chi connectivity index (χ0n) is 17.7. The summed E-state index contributed by atoms with van der Waals surface area (Å²) in [6, 6.07) is 0. The Morgan fingerprint density at radius 1 is 0.710 bits per heavy atom. The summed E-state index contributed by atoms with van der Waals surface area (Å²) >= 11 is 0. The fourth-order valence-corrected chi connectivity index (χ4v) is 2.38. The predicted molar refractivity (Wildman–Crippen MR) is 104 cm³/mol. The van der Waals surface area contributed by atoms with Crippen molar-refractivity contribution in [2.24, 2.45) is 5.73 Å². The van der Waals surface area contributed by atoms with Gasteiger partial charge in [-0.1, -0.05) is 11.5 Å². The van der Waals surface area contributed by atoms with Gasteiger partial charge in [0.2, 0.25) is 5.91 Å². The van der Waals surface area contributed by atoms with Crippen LogP contribution in [0.3, 0.4) is 0 Å². The number of nitrogens with zero attached hydrogens (tertiary/aromatic N) is 1. The second-order valence-electron chi connectivity index (χ2n) is 6.50. The SMILES string of the molecule is NC(=O)CCCCCOCCOCCOCCOCCOC(=O)ON1C(=O)CCC1=O. The van der Waals surface area contributed by atoms with Gasteiger partial charge in [0.1, 0.15) is 6.61 Å². The highest BCUT2D eigenvalue weighted by Gasteiger charge is 2.33. The molecule has 178 valence electrons. The van der Waals surface area contributed by atoms with Gasteiger partial charge in [-0.25, -0.2) is 4.79 Å². The number of ether oxygens (including phenoxy) is 5. The summed E-state index contributed by atoms with van der Waals surface area (Å²) in [5.74, 6) is -1.41. The molecular formula is C19H32N2O10. The fraction of sp³-hybridized carbons (Fsp3) is 0.789. The van der Waals surface area contributed by atoms with E-state index in [0.29, 0.717) is 57.7 Å². The molecule has 0 atom stereocenters. The van der Waals surface area contributed by atoms with E-state index in [1.165, 1.54) is 0 Å². The van der Waals surface area contributed by atoms with Crippen molar-refractivity contribution < 1.29 is 47.7 Å². The maximum absolute atomic E-state index is 11.4. The number of unbranched alkanes of at least 4 members (excludes halogenated alkanes) is 2. The number of hydrogen-bond donors (Lipinski definition) is 1. The van der Waals surface area contributed by atoms with Crippen molar-refractivity contribution in [3.63, 3.8) is 0 Å². The van der Waals surface area contributed by atoms with E-state index in [9.17, 15) is 19.2 Å². The molecule has 0 aliphatic carbocycles. The van der Waals surface area contributed by atoms with Crippen molar-refractivity contribution in [3.8, 4) is 0 Å². The van der Waals surface area contributed by atoms with E-state index in [-0.39, 0.29) is 32.0 Å². The first-order valence-electron chi connectivity index (χ1n) is 10.3. The van der Waals surface area contributed by atoms with Crippen molar-refractivity contribution in [2.75, 3.05) is 59.5 Å². The first kappa shape index (κ1) is 26.8. The molecule has 12 heteroatoms. The maximum Gasteiger partial charge on any atom is 0.534 e. The quantitative estimate of drug-likeness (QED) is 0.166. The molecule has 31 heavy (non-hydrogen) atoms. The molecule has 0 radical (unpaired) electrons. The van der Waals surface area contributed by atoms with Gasteiger partial charge in [0.25, 0.3) is 11.8 Å². The molecule has 1 heterocycles. The third-order valence-electron chi connectivity index (χ3n) is 3.95. The smallest absolute Gasteiger partial charge is 0.430 e. The summed E-state index contributed by atoms with van der Waals surface area (Å²) in [4.78, 5) is 49.0. The van der Waals surface area contributed by atoms with Gasteiger partial charge in [-0.2, -0.15) is 0 Å². The molecular weight excluding hydrogens is 416 g/mol. The van der Waals surface area contributed by atoms with Gasteiger partial charge in [-0.15, -0.1) is 0 Å². The van der Waals surface area contributed by atoms with Crippen LogP contribution in [0.15, 0.2) is 0 Å². The second-order valence-corrected chi connectivity index (χ2v) is 6.50. The van der Waals surface area contributed by atoms with E-state index in [1.807, 2.05) is 0 Å². The van der Waals surface area contributed by atoms with E-state index in [0.717, 1.165) is 19.3 Å². The Morgan fingerprint density at radius 3 is 1.71 bits per heavy atom. The second kappa shape index (κ2) is 17.4. The monoisotopic (exact) mass is 448 g/mol. The Bertz CT molecular complexity index is 542. The molecule has 1 rings (SSSR count). The molecule has 0 aromatic carbocycles. The van der Waals surface area contributed by atoms with E-state index in [1.54, 1.807) is 0 Å². The lowest BCUT2D eigenvalue weighted by Gasteiger charge is -2.12. The van der Waals surface area contributed by atoms with Crippen LogP contribution >= 0.6 is 0 Å². The first-order valence-corrected chi connectivity index (χ1v) is 10.3. The van der Waals surface area contributed by atoms with E-state index in [4.69, 9.17) is 29.4 Å². The average Bonchev–Trinajstić information content (AvgIpc) is 3.04. The number of rotatable bonds is 19. The highest BCUT2D eigenvalue weighted by molar-refractivity contribution is 6.01. The van der Waals surface area contributed by atoms with E-state index < -0.39 is 18.0 Å². The highest BCUT2D eigenvalue weighted by Crippen LogP contribution is 2.12. The molecule has 1 saturated heterocycles. The van der Waals surface area contributed by atoms with Crippen LogP contribution < -0.4 is 5.73 Å². The molecule has 1 fully saturated rings. The molecule has 12 nitrogen and oxygen atoms in total. The fourth-order valence-electron chi connectivity index (χ4n) is 2.38. The number of nitrogens with two attached hydrogens (primary N) is 1. The van der Waals surface area contributed by atoms with Crippen molar-refractivity contribution in [1.29, 1.82) is 0 Å². The van der Waals surface area contributed by atoms with Crippen LogP contribution in [0.4, 0.5) is 4.79 Å². The van der Waals surface area contributed by atoms with Gasteiger partial charge in [0, 0.05) is 25.9 Å². The third-order valence-corrected chi connectivity index (χ3v) is 3.95. The van der Waals surface area contributed by atoms with Crippen LogP contribution in [0.5, 0.6) is 0 Å². The Balaban J connectivity index is 1.76. The summed E-state index contributed by atoms with van der Waals surface area (Å²) in [6.07, 6.45) is 1.93. The lowest BCUT2D eigenvalue weighted by molar-refractivity contribution is -0.177. The predicted octanol–water partition coefficient (Wildman–Crippen LogP) is 0.316. The molecule has 0 aromatic heterocycles. The van der Waals surface area contributed by atoms with Gasteiger partial charge in [-0.05, 0) is 12.8 Å². The standard InChI is InChI=1S/C19H32N2O10/c20-16(22)4-2-1-3-7-26-8-9-27-10-11-28-12-13-29-14-15-30-19(25)31-21-17(23)5-6-18(21)24/h1-15H2,(H2,20,22). The first-order chi connectivity index (χ1) is 15.0. The minimum absolute atomic E-state index is 0.0227. The van der Waals surface area contributed by atoms with Crippen LogP contribution in [0, 0.1) is 0 Å². The molecule has 1 aliphatic rings. The number of imide groups is 1. The molecule has 1 aliphatic heterocycles. The van der Waals surface area contributed by atoms with Crippen molar-refractivity contribution >= 4 is 23.9 Å². The topological polar surface area (TPSA) is 153 Å². The van der Waals surface area contributed by atoms with Crippen LogP contribution in [-0.4, -0.2) is 88.4 Å². The highest BCUT2D eigenvalue weighted by atomic mass is 16.8. The lowest BCUT2D eigenvalue weighted by Crippen LogP contribution is -2.32. The lowest BCUT2D eigenvalue weighted by atomic mass is 10.2. The molecule has 2 N–H and O–H groups in total. The Morgan fingerprint density at radius 2 is 1.19 bits per heavy atom. The Hall–Kier alpha value is -2.28. The summed E-state index contributed by atoms with van der Waals surface area (Å²) < 4.78 is 26.0. The zero-order valence-corrected chi connectivity index (χ0v) is 17.7. The molecule has 0 aromatic rings. The van der Waals surface area contributed by atoms with E-state index in [2.05, 4.69) is 4.84 Å². The largest absolute Gasteiger partial charge is 0.534 e. The summed E-state index contributed by atoms with van der Waals surface area (Å²) in [5, 5.41) is 0.417. The molecule has 3 amide bonds. The number of hydrogen-bond acceptors (Lipinski definition) is 10. The van der Waals surface area contributed by atoms with E-state index >= 15 is 0 Å². The van der Waals surface area contributed by atoms with Crippen LogP contribution in [0.2, 0.25) is 0 Å². The van der Waals surface area contributed by atoms with Gasteiger partial charge >= 0.3 is 6.16 Å². The minimum atomic E-state index is -1.13. The van der Waals surface area contributed by atoms with Gasteiger partial charge in [0.15, 0.2) is 0 Å². The summed E-state index contributed by atoms with van der Waals surface area (Å²) in [7, 11) is 0. The van der Waals surface area contributed by atoms with Crippen LogP contribution in [0.25, 0.3) is 0 Å². The van der Waals surface area contributed by atoms with Gasteiger partial charge in [0.05, 0.1) is 46.2 Å². The average molecular weight is 448 g/mol. The number of carbonyl (C=O) groups is 4. The molecule has 0 spiro atoms. The van der Waals surface area contributed by atoms with Crippen molar-refractivity contribution in [2.45, 2.75) is 38.5 Å². The molecule has 0 saturated carbocycles. The third kappa shape index (κ3) is 14.4. The maximum atomic E-state index is 11.4. The Kier molecular flexibility index (Phi) is 15.0. The zero-order chi connectivity index (χ0) is 22.7. The van der Waals surface area contributed by atoms with Crippen molar-refractivity contribution in [1.82, 2.24) is 5.06 Å². The van der Waals surface area contributed by atoms with Crippen LogP contribution in [-0.2, 0) is 42.9 Å². The summed E-state index contributed by atoms with van der Waals surface area (Å²) in [6.45, 7) is 3.16. The molecule has 0 bridgehead atoms. The number of carbonyl (C=O) groups excluding carboxylic acids is 4. The van der Waals surface area contributed by atoms with Crippen molar-refractivity contribution in [3.05, 3.63) is 0 Å². The molecule has 0 unspecified atom stereocenters. The van der Waals surface area contributed by atoms with Gasteiger partial charge in [-0.3, -0.25) is 19.2 Å². The Labute approximate surface area is 181 Å². The number of primary amides is 1. The van der Waals surface area contributed by atoms with Crippen LogP contribution in [0.1, 0.15) is 38.5 Å². The summed E-state index contributed by atoms with van der Waals surface area (Å²) in [5.41, 5.74) is 5.06. The van der Waals surface area contributed by atoms with Gasteiger partial charge < -0.3 is 29.4 Å². The normalized spacial score (nSPS) is 13.6. The number of hydroxylamine groups is 2. The number of amides is 3. The minimum Gasteiger partial charge on any atom is -0.430 e.